The molecule has 0 amide bonds. The molecule has 0 atom stereocenters. The molecule has 5 rings (SSSR count). The molecule has 0 heteroatoms. The van der Waals surface area contributed by atoms with Gasteiger partial charge in [0.05, 0.1) is 0 Å². The zero-order valence-corrected chi connectivity index (χ0v) is 16.6. The van der Waals surface area contributed by atoms with Crippen molar-refractivity contribution >= 4 is 22.8 Å². The van der Waals surface area contributed by atoms with Crippen molar-refractivity contribution in [3.63, 3.8) is 0 Å². The second-order valence-electron chi connectivity index (χ2n) is 7.95. The first-order chi connectivity index (χ1) is 13.6. The van der Waals surface area contributed by atoms with Gasteiger partial charge in [0.15, 0.2) is 0 Å². The molecule has 0 unspecified atom stereocenters. The van der Waals surface area contributed by atoms with E-state index in [1.165, 1.54) is 59.8 Å². The minimum absolute atomic E-state index is 0.970. The molecule has 0 bridgehead atoms. The van der Waals surface area contributed by atoms with E-state index in [2.05, 4.69) is 99.7 Å². The maximum Gasteiger partial charge on any atom is -0.000731 e. The minimum atomic E-state index is 0.970. The molecule has 0 spiro atoms. The van der Waals surface area contributed by atoms with E-state index in [1.807, 2.05) is 0 Å². The third-order valence-electron chi connectivity index (χ3n) is 5.82. The molecule has 3 aromatic carbocycles. The van der Waals surface area contributed by atoms with Crippen molar-refractivity contribution in [3.8, 4) is 0 Å². The van der Waals surface area contributed by atoms with E-state index < -0.39 is 0 Å². The molecule has 0 heterocycles. The topological polar surface area (TPSA) is 0 Å². The summed E-state index contributed by atoms with van der Waals surface area (Å²) in [7, 11) is 0. The van der Waals surface area contributed by atoms with Crippen molar-refractivity contribution in [3.05, 3.63) is 116 Å². The Morgan fingerprint density at radius 1 is 0.857 bits per heavy atom. The van der Waals surface area contributed by atoms with Crippen molar-refractivity contribution in [2.45, 2.75) is 27.2 Å². The van der Waals surface area contributed by atoms with Gasteiger partial charge in [-0.15, -0.1) is 0 Å². The monoisotopic (exact) mass is 359 g/mol. The molecule has 2 aliphatic rings. The fourth-order valence-electron chi connectivity index (χ4n) is 4.39. The number of rotatable bonds is 2. The van der Waals surface area contributed by atoms with Gasteiger partial charge in [0.2, 0.25) is 0 Å². The molecule has 0 nitrogen and oxygen atoms in total. The van der Waals surface area contributed by atoms with Crippen LogP contribution in [-0.2, 0) is 0 Å². The van der Waals surface area contributed by atoms with E-state index in [0.717, 1.165) is 6.42 Å². The first-order valence-corrected chi connectivity index (χ1v) is 9.94. The van der Waals surface area contributed by atoms with Crippen molar-refractivity contribution in [1.82, 2.24) is 0 Å². The highest BCUT2D eigenvalue weighted by molar-refractivity contribution is 6.00. The summed E-state index contributed by atoms with van der Waals surface area (Å²) in [5.41, 5.74) is 9.30. The first-order valence-electron chi connectivity index (χ1n) is 9.94. The van der Waals surface area contributed by atoms with Crippen molar-refractivity contribution in [1.29, 1.82) is 0 Å². The molecular weight excluding hydrogens is 336 g/mol. The predicted molar refractivity (Wildman–Crippen MR) is 119 cm³/mol. The summed E-state index contributed by atoms with van der Waals surface area (Å²) in [6.45, 7) is 6.56. The van der Waals surface area contributed by atoms with Crippen LogP contribution in [0.4, 0.5) is 0 Å². The van der Waals surface area contributed by atoms with Gasteiger partial charge in [-0.3, -0.25) is 0 Å². The maximum atomic E-state index is 3.72. The molecule has 0 saturated carbocycles. The van der Waals surface area contributed by atoms with E-state index in [4.69, 9.17) is 0 Å². The van der Waals surface area contributed by atoms with Crippen molar-refractivity contribution in [2.75, 3.05) is 0 Å². The van der Waals surface area contributed by atoms with Gasteiger partial charge in [0.1, 0.15) is 0 Å². The predicted octanol–water partition coefficient (Wildman–Crippen LogP) is 5.36. The van der Waals surface area contributed by atoms with Crippen LogP contribution in [0.2, 0.25) is 0 Å². The SMILES string of the molecule is CC(C)=c1ccc2c(c1C1=C(c3ccc(C)cc3)C=CC1)[C]=c1ccccc1=2. The number of fused-ring (bicyclic) bond motifs is 2. The number of hydrogen-bond donors (Lipinski definition) is 0. The number of hydrogen-bond acceptors (Lipinski definition) is 0. The standard InChI is InChI=1S/C28H23/c1-18(2)22-15-16-25-24-8-5-4-7-21(24)17-27(25)28(22)26-10-6-9-23(26)20-13-11-19(3)12-14-20/h4-9,11-16H,10H2,1-3H3. The quantitative estimate of drug-likeness (QED) is 0.452. The summed E-state index contributed by atoms with van der Waals surface area (Å²) >= 11 is 0. The van der Waals surface area contributed by atoms with Crippen LogP contribution in [-0.4, -0.2) is 0 Å². The summed E-state index contributed by atoms with van der Waals surface area (Å²) < 4.78 is 0. The van der Waals surface area contributed by atoms with Gasteiger partial charge in [0.25, 0.3) is 0 Å². The molecule has 1 radical (unpaired) electrons. The van der Waals surface area contributed by atoms with Gasteiger partial charge in [-0.1, -0.05) is 84.0 Å². The van der Waals surface area contributed by atoms with Crippen LogP contribution in [0.15, 0.2) is 72.8 Å². The Labute approximate surface area is 166 Å². The van der Waals surface area contributed by atoms with Gasteiger partial charge in [0, 0.05) is 0 Å². The number of benzene rings is 3. The molecule has 135 valence electrons. The normalized spacial score (nSPS) is 14.1. The molecule has 0 aliphatic heterocycles. The maximum absolute atomic E-state index is 3.72. The Balaban J connectivity index is 1.89. The highest BCUT2D eigenvalue weighted by Gasteiger charge is 2.19. The Morgan fingerprint density at radius 3 is 2.43 bits per heavy atom. The van der Waals surface area contributed by atoms with Crippen LogP contribution in [0.25, 0.3) is 22.8 Å². The van der Waals surface area contributed by atoms with E-state index in [1.54, 1.807) is 0 Å². The second-order valence-corrected chi connectivity index (χ2v) is 7.95. The van der Waals surface area contributed by atoms with Crippen LogP contribution in [0.5, 0.6) is 0 Å². The average molecular weight is 359 g/mol. The Bertz CT molecular complexity index is 1370. The Kier molecular flexibility index (Phi) is 3.94. The lowest BCUT2D eigenvalue weighted by Crippen LogP contribution is -2.13. The summed E-state index contributed by atoms with van der Waals surface area (Å²) in [6, 6.07) is 22.1. The van der Waals surface area contributed by atoms with Crippen LogP contribution in [0, 0.1) is 17.4 Å². The van der Waals surface area contributed by atoms with Crippen molar-refractivity contribution in [2.24, 2.45) is 0 Å². The Hall–Kier alpha value is -3.12. The third-order valence-corrected chi connectivity index (χ3v) is 5.82. The Morgan fingerprint density at radius 2 is 1.64 bits per heavy atom. The lowest BCUT2D eigenvalue weighted by Gasteiger charge is -2.14. The zero-order valence-electron chi connectivity index (χ0n) is 16.6. The van der Waals surface area contributed by atoms with Gasteiger partial charge in [-0.05, 0) is 82.0 Å². The summed E-state index contributed by atoms with van der Waals surface area (Å²) in [5.74, 6) is 0. The second kappa shape index (κ2) is 6.49. The van der Waals surface area contributed by atoms with Gasteiger partial charge in [-0.25, -0.2) is 0 Å². The molecule has 0 aromatic heterocycles. The third kappa shape index (κ3) is 2.60. The van der Waals surface area contributed by atoms with Crippen LogP contribution >= 0.6 is 0 Å². The number of allylic oxidation sites excluding steroid dienone is 4. The number of aryl methyl sites for hydroxylation is 1. The largest absolute Gasteiger partial charge is 0.0795 e. The van der Waals surface area contributed by atoms with Crippen LogP contribution in [0.3, 0.4) is 0 Å². The lowest BCUT2D eigenvalue weighted by atomic mass is 9.90. The fourth-order valence-corrected chi connectivity index (χ4v) is 4.39. The van der Waals surface area contributed by atoms with E-state index in [-0.39, 0.29) is 0 Å². The minimum Gasteiger partial charge on any atom is -0.0795 e. The molecule has 0 saturated heterocycles. The molecular formula is C28H23. The molecule has 0 N–H and O–H groups in total. The summed E-state index contributed by atoms with van der Waals surface area (Å²) in [4.78, 5) is 0. The summed E-state index contributed by atoms with van der Waals surface area (Å²) in [6.07, 6.45) is 9.28. The van der Waals surface area contributed by atoms with Crippen LogP contribution in [0.1, 0.15) is 42.5 Å². The van der Waals surface area contributed by atoms with Gasteiger partial charge in [-0.2, -0.15) is 0 Å². The highest BCUT2D eigenvalue weighted by atomic mass is 14.2. The van der Waals surface area contributed by atoms with Crippen LogP contribution < -0.4 is 10.4 Å². The van der Waals surface area contributed by atoms with Gasteiger partial charge >= 0.3 is 0 Å². The van der Waals surface area contributed by atoms with E-state index in [0.29, 0.717) is 0 Å². The molecule has 28 heavy (non-hydrogen) atoms. The molecule has 0 fully saturated rings. The van der Waals surface area contributed by atoms with Crippen molar-refractivity contribution < 1.29 is 0 Å². The zero-order chi connectivity index (χ0) is 19.3. The lowest BCUT2D eigenvalue weighted by molar-refractivity contribution is 1.35. The smallest absolute Gasteiger partial charge is 0.000731 e. The highest BCUT2D eigenvalue weighted by Crippen LogP contribution is 2.36. The van der Waals surface area contributed by atoms with E-state index >= 15 is 0 Å². The first kappa shape index (κ1) is 17.0. The van der Waals surface area contributed by atoms with Gasteiger partial charge < -0.3 is 0 Å². The fraction of sp³-hybridized carbons (Fsp3) is 0.143. The molecule has 2 aliphatic carbocycles. The molecule has 3 aromatic rings. The average Bonchev–Trinajstić information content (AvgIpc) is 3.32. The summed E-state index contributed by atoms with van der Waals surface area (Å²) in [5, 5.41) is 5.14. The van der Waals surface area contributed by atoms with E-state index in [9.17, 15) is 0 Å².